The van der Waals surface area contributed by atoms with Crippen molar-refractivity contribution in [3.63, 3.8) is 0 Å². The zero-order valence-electron chi connectivity index (χ0n) is 9.00. The van der Waals surface area contributed by atoms with Gasteiger partial charge in [0.05, 0.1) is 7.11 Å². The molecule has 0 bridgehead atoms. The van der Waals surface area contributed by atoms with Crippen molar-refractivity contribution in [2.45, 2.75) is 12.8 Å². The zero-order valence-corrected chi connectivity index (χ0v) is 9.75. The molecule has 0 atom stereocenters. The summed E-state index contributed by atoms with van der Waals surface area (Å²) in [7, 11) is 1.33. The molecule has 0 spiro atoms. The highest BCUT2D eigenvalue weighted by Crippen LogP contribution is 2.00. The van der Waals surface area contributed by atoms with Gasteiger partial charge in [-0.25, -0.2) is 4.79 Å². The van der Waals surface area contributed by atoms with Crippen LogP contribution in [-0.4, -0.2) is 13.1 Å². The molecular formula is C12H15ClO2. The van der Waals surface area contributed by atoms with Crippen LogP contribution in [-0.2, 0) is 15.4 Å². The van der Waals surface area contributed by atoms with E-state index in [-0.39, 0.29) is 5.97 Å². The summed E-state index contributed by atoms with van der Waals surface area (Å²) in [6, 6.07) is 9.96. The van der Waals surface area contributed by atoms with Gasteiger partial charge in [-0.1, -0.05) is 36.9 Å². The highest BCUT2D eigenvalue weighted by molar-refractivity contribution is 6.17. The lowest BCUT2D eigenvalue weighted by Crippen LogP contribution is -1.98. The van der Waals surface area contributed by atoms with Gasteiger partial charge in [0, 0.05) is 11.5 Å². The van der Waals surface area contributed by atoms with Gasteiger partial charge >= 0.3 is 5.97 Å². The van der Waals surface area contributed by atoms with Gasteiger partial charge in [-0.2, -0.15) is 0 Å². The molecule has 3 heteroatoms. The van der Waals surface area contributed by atoms with Crippen LogP contribution >= 0.6 is 11.6 Å². The molecule has 0 aliphatic carbocycles. The van der Waals surface area contributed by atoms with Crippen LogP contribution in [0.25, 0.3) is 0 Å². The Hall–Kier alpha value is -1.28. The molecule has 0 aliphatic heterocycles. The number of rotatable bonds is 2. The summed E-state index contributed by atoms with van der Waals surface area (Å²) in [6.07, 6.45) is 0. The van der Waals surface area contributed by atoms with E-state index >= 15 is 0 Å². The smallest absolute Gasteiger partial charge is 0.332 e. The summed E-state index contributed by atoms with van der Waals surface area (Å²) in [4.78, 5) is 10.2. The van der Waals surface area contributed by atoms with Crippen LogP contribution in [0.3, 0.4) is 0 Å². The Bertz CT molecular complexity index is 307. The van der Waals surface area contributed by atoms with E-state index in [2.05, 4.69) is 11.3 Å². The largest absolute Gasteiger partial charge is 0.466 e. The van der Waals surface area contributed by atoms with E-state index in [1.807, 2.05) is 30.3 Å². The van der Waals surface area contributed by atoms with Gasteiger partial charge in [-0.05, 0) is 12.5 Å². The maximum Gasteiger partial charge on any atom is 0.332 e. The molecule has 0 heterocycles. The van der Waals surface area contributed by atoms with Crippen molar-refractivity contribution in [3.8, 4) is 0 Å². The van der Waals surface area contributed by atoms with Crippen molar-refractivity contribution in [3.05, 3.63) is 48.0 Å². The molecule has 1 aromatic rings. The molecule has 0 saturated carbocycles. The van der Waals surface area contributed by atoms with Gasteiger partial charge < -0.3 is 4.74 Å². The predicted molar refractivity (Wildman–Crippen MR) is 62.8 cm³/mol. The highest BCUT2D eigenvalue weighted by Gasteiger charge is 1.95. The molecule has 0 fully saturated rings. The first-order valence-electron chi connectivity index (χ1n) is 4.45. The van der Waals surface area contributed by atoms with Gasteiger partial charge in [0.15, 0.2) is 0 Å². The molecule has 0 aromatic heterocycles. The Morgan fingerprint density at radius 1 is 1.40 bits per heavy atom. The first-order chi connectivity index (χ1) is 7.11. The van der Waals surface area contributed by atoms with Crippen LogP contribution in [0.4, 0.5) is 0 Å². The molecule has 0 N–H and O–H groups in total. The van der Waals surface area contributed by atoms with Crippen LogP contribution in [0.1, 0.15) is 12.5 Å². The molecular weight excluding hydrogens is 212 g/mol. The first-order valence-corrected chi connectivity index (χ1v) is 4.99. The summed E-state index contributed by atoms with van der Waals surface area (Å²) in [6.45, 7) is 4.95. The van der Waals surface area contributed by atoms with Crippen molar-refractivity contribution in [2.24, 2.45) is 0 Å². The Labute approximate surface area is 95.5 Å². The number of carbonyl (C=O) groups is 1. The lowest BCUT2D eigenvalue weighted by molar-refractivity contribution is -0.136. The summed E-state index contributed by atoms with van der Waals surface area (Å²) in [5, 5.41) is 0. The van der Waals surface area contributed by atoms with Crippen molar-refractivity contribution in [1.82, 2.24) is 0 Å². The summed E-state index contributed by atoms with van der Waals surface area (Å²) in [5.41, 5.74) is 1.61. The summed E-state index contributed by atoms with van der Waals surface area (Å²) in [5.74, 6) is 0.265. The third-order valence-electron chi connectivity index (χ3n) is 1.53. The Kier molecular flexibility index (Phi) is 7.38. The van der Waals surface area contributed by atoms with Gasteiger partial charge in [-0.3, -0.25) is 0 Å². The maximum absolute atomic E-state index is 10.2. The number of hydrogen-bond acceptors (Lipinski definition) is 2. The van der Waals surface area contributed by atoms with Crippen molar-refractivity contribution in [1.29, 1.82) is 0 Å². The normalized spacial score (nSPS) is 8.47. The van der Waals surface area contributed by atoms with E-state index < -0.39 is 0 Å². The van der Waals surface area contributed by atoms with Gasteiger partial charge in [-0.15, -0.1) is 11.6 Å². The third kappa shape index (κ3) is 6.75. The molecule has 0 unspecified atom stereocenters. The standard InChI is InChI=1S/C7H7Cl.C5H8O2/c8-6-7-4-2-1-3-5-7;1-4(2)5(6)7-3/h1-5H,6H2;1H2,2-3H3. The fraction of sp³-hybridized carbons (Fsp3) is 0.250. The lowest BCUT2D eigenvalue weighted by atomic mass is 10.2. The van der Waals surface area contributed by atoms with Crippen LogP contribution in [0, 0.1) is 0 Å². The topological polar surface area (TPSA) is 26.3 Å². The second-order valence-corrected chi connectivity index (χ2v) is 3.16. The second-order valence-electron chi connectivity index (χ2n) is 2.89. The number of hydrogen-bond donors (Lipinski definition) is 0. The number of methoxy groups -OCH3 is 1. The molecule has 2 nitrogen and oxygen atoms in total. The van der Waals surface area contributed by atoms with E-state index in [1.54, 1.807) is 6.92 Å². The molecule has 1 rings (SSSR count). The number of alkyl halides is 1. The molecule has 0 saturated heterocycles. The quantitative estimate of drug-likeness (QED) is 0.440. The number of carbonyl (C=O) groups excluding carboxylic acids is 1. The predicted octanol–water partition coefficient (Wildman–Crippen LogP) is 3.16. The molecule has 0 amide bonds. The Balaban J connectivity index is 0.000000265. The summed E-state index contributed by atoms with van der Waals surface area (Å²) >= 11 is 5.53. The fourth-order valence-electron chi connectivity index (χ4n) is 0.741. The van der Waals surface area contributed by atoms with Gasteiger partial charge in [0.1, 0.15) is 0 Å². The molecule has 15 heavy (non-hydrogen) atoms. The van der Waals surface area contributed by atoms with Crippen molar-refractivity contribution in [2.75, 3.05) is 7.11 Å². The van der Waals surface area contributed by atoms with Gasteiger partial charge in [0.2, 0.25) is 0 Å². The molecule has 0 radical (unpaired) electrons. The van der Waals surface area contributed by atoms with E-state index in [0.29, 0.717) is 11.5 Å². The van der Waals surface area contributed by atoms with Crippen molar-refractivity contribution < 1.29 is 9.53 Å². The van der Waals surface area contributed by atoms with E-state index in [9.17, 15) is 4.79 Å². The summed E-state index contributed by atoms with van der Waals surface area (Å²) < 4.78 is 4.27. The fourth-order valence-corrected chi connectivity index (χ4v) is 0.920. The first kappa shape index (κ1) is 13.7. The molecule has 1 aromatic carbocycles. The van der Waals surface area contributed by atoms with Gasteiger partial charge in [0.25, 0.3) is 0 Å². The average Bonchev–Trinajstić information content (AvgIpc) is 2.29. The second kappa shape index (κ2) is 8.06. The lowest BCUT2D eigenvalue weighted by Gasteiger charge is -1.91. The molecule has 82 valence electrons. The van der Waals surface area contributed by atoms with E-state index in [1.165, 1.54) is 12.7 Å². The van der Waals surface area contributed by atoms with Crippen LogP contribution in [0.15, 0.2) is 42.5 Å². The maximum atomic E-state index is 10.2. The zero-order chi connectivity index (χ0) is 11.7. The number of halogens is 1. The van der Waals surface area contributed by atoms with Crippen LogP contribution in [0.2, 0.25) is 0 Å². The third-order valence-corrected chi connectivity index (χ3v) is 1.84. The minimum atomic E-state index is -0.347. The SMILES string of the molecule is C=C(C)C(=O)OC.ClCc1ccccc1. The number of esters is 1. The van der Waals surface area contributed by atoms with E-state index in [0.717, 1.165) is 0 Å². The van der Waals surface area contributed by atoms with Crippen molar-refractivity contribution >= 4 is 17.6 Å². The van der Waals surface area contributed by atoms with Crippen LogP contribution in [0.5, 0.6) is 0 Å². The van der Waals surface area contributed by atoms with E-state index in [4.69, 9.17) is 11.6 Å². The minimum absolute atomic E-state index is 0.347. The average molecular weight is 227 g/mol. The minimum Gasteiger partial charge on any atom is -0.466 e. The Morgan fingerprint density at radius 2 is 1.93 bits per heavy atom. The molecule has 0 aliphatic rings. The number of ether oxygens (including phenoxy) is 1. The van der Waals surface area contributed by atoms with Crippen LogP contribution < -0.4 is 0 Å². The Morgan fingerprint density at radius 3 is 2.13 bits per heavy atom. The number of benzene rings is 1. The highest BCUT2D eigenvalue weighted by atomic mass is 35.5. The monoisotopic (exact) mass is 226 g/mol.